The number of hydrogen-bond acceptors (Lipinski definition) is 2. The van der Waals surface area contributed by atoms with Gasteiger partial charge in [-0.3, -0.25) is 0 Å². The first-order chi connectivity index (χ1) is 11.0. The lowest BCUT2D eigenvalue weighted by atomic mass is 9.97. The molecule has 0 unspecified atom stereocenters. The molecular formula is C18H16Cl2O3. The fraction of sp³-hybridized carbons (Fsp3) is 0.167. The molecule has 120 valence electrons. The highest BCUT2D eigenvalue weighted by Gasteiger charge is 2.10. The quantitative estimate of drug-likeness (QED) is 0.719. The van der Waals surface area contributed by atoms with Crippen LogP contribution < -0.4 is 4.74 Å². The summed E-state index contributed by atoms with van der Waals surface area (Å²) in [5, 5.41) is 9.94. The Labute approximate surface area is 145 Å². The maximum absolute atomic E-state index is 11.2. The average molecular weight is 351 g/mol. The second-order valence-corrected chi connectivity index (χ2v) is 5.71. The number of carbonyl (C=O) groups is 1. The lowest BCUT2D eigenvalue weighted by molar-refractivity contribution is -0.131. The molecule has 0 heterocycles. The number of carboxylic acid groups (broad SMARTS) is 1. The largest absolute Gasteiger partial charge is 0.494 e. The minimum atomic E-state index is -1.03. The number of aliphatic carboxylic acids is 1. The topological polar surface area (TPSA) is 46.5 Å². The predicted octanol–water partition coefficient (Wildman–Crippen LogP) is 5.30. The first kappa shape index (κ1) is 17.4. The van der Waals surface area contributed by atoms with Gasteiger partial charge in [0.05, 0.1) is 16.7 Å². The second-order valence-electron chi connectivity index (χ2n) is 4.90. The number of hydrogen-bond donors (Lipinski definition) is 1. The van der Waals surface area contributed by atoms with E-state index in [0.717, 1.165) is 23.8 Å². The Morgan fingerprint density at radius 3 is 2.30 bits per heavy atom. The normalized spacial score (nSPS) is 11.3. The summed E-state index contributed by atoms with van der Waals surface area (Å²) in [7, 11) is 0. The molecule has 5 heteroatoms. The van der Waals surface area contributed by atoms with Crippen LogP contribution in [0.3, 0.4) is 0 Å². The molecule has 0 saturated heterocycles. The molecule has 0 atom stereocenters. The van der Waals surface area contributed by atoms with Crippen molar-refractivity contribution in [2.75, 3.05) is 6.61 Å². The second kappa shape index (κ2) is 8.04. The Hall–Kier alpha value is -1.97. The first-order valence-corrected chi connectivity index (χ1v) is 7.90. The highest BCUT2D eigenvalue weighted by molar-refractivity contribution is 6.42. The fourth-order valence-electron chi connectivity index (χ4n) is 2.07. The first-order valence-electron chi connectivity index (χ1n) is 7.14. The van der Waals surface area contributed by atoms with Gasteiger partial charge in [-0.25, -0.2) is 4.79 Å². The molecule has 0 saturated carbocycles. The van der Waals surface area contributed by atoms with Gasteiger partial charge < -0.3 is 9.84 Å². The van der Waals surface area contributed by atoms with Crippen molar-refractivity contribution in [3.63, 3.8) is 0 Å². The van der Waals surface area contributed by atoms with E-state index in [4.69, 9.17) is 33.0 Å². The number of rotatable bonds is 6. The van der Waals surface area contributed by atoms with Gasteiger partial charge in [-0.05, 0) is 47.4 Å². The molecular weight excluding hydrogens is 335 g/mol. The van der Waals surface area contributed by atoms with E-state index in [1.807, 2.05) is 31.2 Å². The highest BCUT2D eigenvalue weighted by Crippen LogP contribution is 2.30. The summed E-state index contributed by atoms with van der Waals surface area (Å²) in [5.41, 5.74) is 2.00. The Kier molecular flexibility index (Phi) is 6.08. The summed E-state index contributed by atoms with van der Waals surface area (Å²) in [6.45, 7) is 2.68. The molecule has 0 aliphatic heterocycles. The van der Waals surface area contributed by atoms with Crippen LogP contribution in [-0.4, -0.2) is 17.7 Å². The van der Waals surface area contributed by atoms with Crippen molar-refractivity contribution in [2.24, 2.45) is 0 Å². The Morgan fingerprint density at radius 1 is 1.09 bits per heavy atom. The van der Waals surface area contributed by atoms with Gasteiger partial charge in [0.25, 0.3) is 0 Å². The van der Waals surface area contributed by atoms with Gasteiger partial charge in [0.2, 0.25) is 0 Å². The Bertz CT molecular complexity index is 722. The molecule has 23 heavy (non-hydrogen) atoms. The van der Waals surface area contributed by atoms with Crippen molar-refractivity contribution in [3.8, 4) is 5.75 Å². The molecule has 0 aliphatic carbocycles. The van der Waals surface area contributed by atoms with Crippen molar-refractivity contribution >= 4 is 34.7 Å². The summed E-state index contributed by atoms with van der Waals surface area (Å²) in [6.07, 6.45) is 2.08. The SMILES string of the molecule is CCCOc1ccc(/C(=C/C(=O)O)c2ccc(Cl)c(Cl)c2)cc1. The van der Waals surface area contributed by atoms with E-state index in [-0.39, 0.29) is 0 Å². The molecule has 0 amide bonds. The minimum Gasteiger partial charge on any atom is -0.494 e. The zero-order valence-electron chi connectivity index (χ0n) is 12.6. The average Bonchev–Trinajstić information content (AvgIpc) is 2.54. The number of benzene rings is 2. The maximum Gasteiger partial charge on any atom is 0.328 e. The van der Waals surface area contributed by atoms with E-state index in [1.165, 1.54) is 0 Å². The van der Waals surface area contributed by atoms with Crippen LogP contribution in [-0.2, 0) is 4.79 Å². The van der Waals surface area contributed by atoms with Crippen LogP contribution in [0.5, 0.6) is 5.75 Å². The molecule has 1 N–H and O–H groups in total. The molecule has 0 aliphatic rings. The molecule has 0 fully saturated rings. The van der Waals surface area contributed by atoms with Gasteiger partial charge >= 0.3 is 5.97 Å². The fourth-order valence-corrected chi connectivity index (χ4v) is 2.37. The molecule has 2 aromatic carbocycles. The molecule has 0 bridgehead atoms. The molecule has 2 aromatic rings. The zero-order valence-corrected chi connectivity index (χ0v) is 14.1. The van der Waals surface area contributed by atoms with Gasteiger partial charge in [-0.2, -0.15) is 0 Å². The molecule has 0 radical (unpaired) electrons. The monoisotopic (exact) mass is 350 g/mol. The molecule has 0 aromatic heterocycles. The summed E-state index contributed by atoms with van der Waals surface area (Å²) >= 11 is 12.0. The van der Waals surface area contributed by atoms with Crippen molar-refractivity contribution in [2.45, 2.75) is 13.3 Å². The van der Waals surface area contributed by atoms with Gasteiger partial charge in [0.15, 0.2) is 0 Å². The van der Waals surface area contributed by atoms with Crippen LogP contribution in [0.2, 0.25) is 10.0 Å². The van der Waals surface area contributed by atoms with E-state index in [9.17, 15) is 4.79 Å². The van der Waals surface area contributed by atoms with Crippen LogP contribution in [0.25, 0.3) is 5.57 Å². The third kappa shape index (κ3) is 4.75. The standard InChI is InChI=1S/C18H16Cl2O3/c1-2-9-23-14-6-3-12(4-7-14)15(11-18(21)22)13-5-8-16(19)17(20)10-13/h3-8,10-11H,2,9H2,1H3,(H,21,22)/b15-11-. The lowest BCUT2D eigenvalue weighted by Crippen LogP contribution is -1.97. The summed E-state index contributed by atoms with van der Waals surface area (Å²) in [6, 6.07) is 12.3. The minimum absolute atomic E-state index is 0.378. The van der Waals surface area contributed by atoms with Gasteiger partial charge in [0.1, 0.15) is 5.75 Å². The van der Waals surface area contributed by atoms with Crippen LogP contribution in [0, 0.1) is 0 Å². The predicted molar refractivity (Wildman–Crippen MR) is 93.4 cm³/mol. The molecule has 2 rings (SSSR count). The summed E-state index contributed by atoms with van der Waals surface area (Å²) < 4.78 is 5.54. The number of ether oxygens (including phenoxy) is 1. The highest BCUT2D eigenvalue weighted by atomic mass is 35.5. The van der Waals surface area contributed by atoms with E-state index in [2.05, 4.69) is 0 Å². The third-order valence-corrected chi connectivity index (χ3v) is 3.88. The van der Waals surface area contributed by atoms with Crippen molar-refractivity contribution in [1.29, 1.82) is 0 Å². The molecule has 3 nitrogen and oxygen atoms in total. The number of halogens is 2. The number of carboxylic acids is 1. The maximum atomic E-state index is 11.2. The summed E-state index contributed by atoms with van der Waals surface area (Å²) in [4.78, 5) is 11.2. The van der Waals surface area contributed by atoms with Gasteiger partial charge in [-0.15, -0.1) is 0 Å². The van der Waals surface area contributed by atoms with Gasteiger partial charge in [0, 0.05) is 6.08 Å². The van der Waals surface area contributed by atoms with Crippen LogP contribution in [0.4, 0.5) is 0 Å². The van der Waals surface area contributed by atoms with E-state index in [0.29, 0.717) is 27.8 Å². The van der Waals surface area contributed by atoms with Crippen LogP contribution in [0.15, 0.2) is 48.5 Å². The van der Waals surface area contributed by atoms with Crippen molar-refractivity contribution < 1.29 is 14.6 Å². The Morgan fingerprint density at radius 2 is 1.74 bits per heavy atom. The van der Waals surface area contributed by atoms with Crippen LogP contribution in [0.1, 0.15) is 24.5 Å². The van der Waals surface area contributed by atoms with E-state index in [1.54, 1.807) is 18.2 Å². The third-order valence-electron chi connectivity index (χ3n) is 3.14. The van der Waals surface area contributed by atoms with Crippen molar-refractivity contribution in [3.05, 3.63) is 69.7 Å². The zero-order chi connectivity index (χ0) is 16.8. The van der Waals surface area contributed by atoms with Gasteiger partial charge in [-0.1, -0.05) is 48.3 Å². The summed E-state index contributed by atoms with van der Waals surface area (Å²) in [5.74, 6) is -0.281. The van der Waals surface area contributed by atoms with Crippen molar-refractivity contribution in [1.82, 2.24) is 0 Å². The Balaban J connectivity index is 2.39. The smallest absolute Gasteiger partial charge is 0.328 e. The van der Waals surface area contributed by atoms with E-state index < -0.39 is 5.97 Å². The molecule has 0 spiro atoms. The van der Waals surface area contributed by atoms with E-state index >= 15 is 0 Å². The lowest BCUT2D eigenvalue weighted by Gasteiger charge is -2.10. The van der Waals surface area contributed by atoms with Crippen LogP contribution >= 0.6 is 23.2 Å².